The molecular weight excluding hydrogens is 234 g/mol. The Kier molecular flexibility index (Phi) is 6.01. The first-order chi connectivity index (χ1) is 7.38. The van der Waals surface area contributed by atoms with Gasteiger partial charge in [0.2, 0.25) is 0 Å². The summed E-state index contributed by atoms with van der Waals surface area (Å²) in [6.07, 6.45) is 0. The lowest BCUT2D eigenvalue weighted by atomic mass is 10.4. The molecule has 0 aliphatic rings. The van der Waals surface area contributed by atoms with Crippen LogP contribution in [0.15, 0.2) is 0 Å². The van der Waals surface area contributed by atoms with Crippen molar-refractivity contribution in [1.29, 1.82) is 0 Å². The van der Waals surface area contributed by atoms with Crippen LogP contribution in [-0.4, -0.2) is 54.9 Å². The standard InChI is InChI=1S/C8H13N3O4S/c1-11(4-6(12)15-2)8(14)7(13)10-3-5(9)16/h3-4H2,1-2H3,(H2,9,16)(H,10,13). The Hall–Kier alpha value is -1.70. The van der Waals surface area contributed by atoms with E-state index in [-0.39, 0.29) is 18.1 Å². The van der Waals surface area contributed by atoms with Gasteiger partial charge >= 0.3 is 17.8 Å². The minimum absolute atomic E-state index is 0.0635. The van der Waals surface area contributed by atoms with Gasteiger partial charge in [-0.3, -0.25) is 14.4 Å². The third kappa shape index (κ3) is 5.25. The number of nitrogens with two attached hydrogens (primary N) is 1. The number of nitrogens with one attached hydrogen (secondary N) is 1. The Labute approximate surface area is 97.9 Å². The molecule has 0 heterocycles. The number of nitrogens with zero attached hydrogens (tertiary/aromatic N) is 1. The number of hydrogen-bond donors (Lipinski definition) is 2. The zero-order valence-corrected chi connectivity index (χ0v) is 9.80. The second kappa shape index (κ2) is 6.72. The van der Waals surface area contributed by atoms with Crippen LogP contribution in [0.5, 0.6) is 0 Å². The maximum Gasteiger partial charge on any atom is 0.325 e. The van der Waals surface area contributed by atoms with E-state index in [0.717, 1.165) is 4.90 Å². The van der Waals surface area contributed by atoms with Crippen molar-refractivity contribution in [3.63, 3.8) is 0 Å². The number of amides is 2. The van der Waals surface area contributed by atoms with E-state index in [4.69, 9.17) is 5.73 Å². The summed E-state index contributed by atoms with van der Waals surface area (Å²) in [5.74, 6) is -2.35. The number of methoxy groups -OCH3 is 1. The average molecular weight is 247 g/mol. The maximum absolute atomic E-state index is 11.3. The largest absolute Gasteiger partial charge is 0.468 e. The van der Waals surface area contributed by atoms with Gasteiger partial charge in [-0.05, 0) is 0 Å². The summed E-state index contributed by atoms with van der Waals surface area (Å²) in [6, 6.07) is 0. The molecule has 0 saturated carbocycles. The number of hydrogen-bond acceptors (Lipinski definition) is 5. The molecule has 3 N–H and O–H groups in total. The van der Waals surface area contributed by atoms with E-state index in [1.807, 2.05) is 0 Å². The van der Waals surface area contributed by atoms with Crippen molar-refractivity contribution < 1.29 is 19.1 Å². The van der Waals surface area contributed by atoms with Crippen LogP contribution in [0.2, 0.25) is 0 Å². The van der Waals surface area contributed by atoms with Gasteiger partial charge in [0, 0.05) is 7.05 Å². The second-order valence-electron chi connectivity index (χ2n) is 2.89. The summed E-state index contributed by atoms with van der Waals surface area (Å²) in [4.78, 5) is 34.3. The highest BCUT2D eigenvalue weighted by Gasteiger charge is 2.20. The minimum Gasteiger partial charge on any atom is -0.468 e. The van der Waals surface area contributed by atoms with Crippen molar-refractivity contribution in [3.8, 4) is 0 Å². The Bertz CT molecular complexity index is 318. The molecule has 2 amide bonds. The molecule has 0 fully saturated rings. The fourth-order valence-corrected chi connectivity index (χ4v) is 0.819. The third-order valence-electron chi connectivity index (χ3n) is 1.56. The molecule has 16 heavy (non-hydrogen) atoms. The molecule has 0 radical (unpaired) electrons. The zero-order chi connectivity index (χ0) is 12.7. The van der Waals surface area contributed by atoms with Gasteiger partial charge in [0.15, 0.2) is 0 Å². The molecule has 0 bridgehead atoms. The highest BCUT2D eigenvalue weighted by molar-refractivity contribution is 7.80. The van der Waals surface area contributed by atoms with Gasteiger partial charge < -0.3 is 20.7 Å². The van der Waals surface area contributed by atoms with Gasteiger partial charge in [0.05, 0.1) is 18.6 Å². The molecule has 0 aliphatic carbocycles. The number of carbonyl (C=O) groups excluding carboxylic acids is 3. The number of carbonyl (C=O) groups is 3. The SMILES string of the molecule is COC(=O)CN(C)C(=O)C(=O)NCC(N)=S. The van der Waals surface area contributed by atoms with E-state index >= 15 is 0 Å². The van der Waals surface area contributed by atoms with Crippen LogP contribution in [0.3, 0.4) is 0 Å². The van der Waals surface area contributed by atoms with E-state index in [9.17, 15) is 14.4 Å². The van der Waals surface area contributed by atoms with E-state index in [0.29, 0.717) is 0 Å². The van der Waals surface area contributed by atoms with E-state index < -0.39 is 17.8 Å². The molecule has 0 saturated heterocycles. The van der Waals surface area contributed by atoms with Gasteiger partial charge in [-0.15, -0.1) is 0 Å². The van der Waals surface area contributed by atoms with Crippen molar-refractivity contribution in [3.05, 3.63) is 0 Å². The van der Waals surface area contributed by atoms with Gasteiger partial charge in [0.1, 0.15) is 6.54 Å². The summed E-state index contributed by atoms with van der Waals surface area (Å²) >= 11 is 4.52. The Morgan fingerprint density at radius 1 is 1.44 bits per heavy atom. The summed E-state index contributed by atoms with van der Waals surface area (Å²) in [5.41, 5.74) is 5.14. The topological polar surface area (TPSA) is 102 Å². The van der Waals surface area contributed by atoms with E-state index in [1.54, 1.807) is 0 Å². The van der Waals surface area contributed by atoms with Crippen LogP contribution in [0.4, 0.5) is 0 Å². The summed E-state index contributed by atoms with van der Waals surface area (Å²) in [5, 5.41) is 2.21. The van der Waals surface area contributed by atoms with E-state index in [1.165, 1.54) is 14.2 Å². The first kappa shape index (κ1) is 14.3. The van der Waals surface area contributed by atoms with Crippen LogP contribution >= 0.6 is 12.2 Å². The Balaban J connectivity index is 4.16. The number of likely N-dealkylation sites (N-methyl/N-ethyl adjacent to an activating group) is 1. The monoisotopic (exact) mass is 247 g/mol. The van der Waals surface area contributed by atoms with E-state index in [2.05, 4.69) is 22.3 Å². The molecule has 0 spiro atoms. The molecule has 0 aromatic carbocycles. The zero-order valence-electron chi connectivity index (χ0n) is 8.98. The first-order valence-electron chi connectivity index (χ1n) is 4.27. The normalized spacial score (nSPS) is 9.12. The molecule has 8 heteroatoms. The second-order valence-corrected chi connectivity index (χ2v) is 3.41. The van der Waals surface area contributed by atoms with Crippen molar-refractivity contribution in [1.82, 2.24) is 10.2 Å². The summed E-state index contributed by atoms with van der Waals surface area (Å²) in [7, 11) is 2.49. The lowest BCUT2D eigenvalue weighted by molar-refractivity contribution is -0.150. The number of rotatable bonds is 4. The molecule has 90 valence electrons. The number of esters is 1. The third-order valence-corrected chi connectivity index (χ3v) is 1.70. The quantitative estimate of drug-likeness (QED) is 0.339. The predicted octanol–water partition coefficient (Wildman–Crippen LogP) is -1.98. The fourth-order valence-electron chi connectivity index (χ4n) is 0.746. The highest BCUT2D eigenvalue weighted by atomic mass is 32.1. The molecule has 0 atom stereocenters. The highest BCUT2D eigenvalue weighted by Crippen LogP contribution is 1.87. The van der Waals surface area contributed by atoms with Crippen LogP contribution in [0, 0.1) is 0 Å². The first-order valence-corrected chi connectivity index (χ1v) is 4.67. The van der Waals surface area contributed by atoms with Gasteiger partial charge in [-0.1, -0.05) is 12.2 Å². The average Bonchev–Trinajstić information content (AvgIpc) is 2.24. The fraction of sp³-hybridized carbons (Fsp3) is 0.500. The van der Waals surface area contributed by atoms with Crippen LogP contribution in [0.25, 0.3) is 0 Å². The maximum atomic E-state index is 11.3. The molecule has 0 unspecified atom stereocenters. The van der Waals surface area contributed by atoms with Crippen LogP contribution in [-0.2, 0) is 19.1 Å². The van der Waals surface area contributed by atoms with Gasteiger partial charge in [-0.2, -0.15) is 0 Å². The molecule has 0 aliphatic heterocycles. The summed E-state index contributed by atoms with van der Waals surface area (Å²) < 4.78 is 4.34. The smallest absolute Gasteiger partial charge is 0.325 e. The van der Waals surface area contributed by atoms with Gasteiger partial charge in [0.25, 0.3) is 0 Å². The molecular formula is C8H13N3O4S. The minimum atomic E-state index is -0.876. The Morgan fingerprint density at radius 2 is 2.00 bits per heavy atom. The number of thiocarbonyl (C=S) groups is 1. The molecule has 7 nitrogen and oxygen atoms in total. The van der Waals surface area contributed by atoms with Crippen LogP contribution in [0.1, 0.15) is 0 Å². The van der Waals surface area contributed by atoms with Crippen molar-refractivity contribution in [2.75, 3.05) is 27.2 Å². The van der Waals surface area contributed by atoms with Gasteiger partial charge in [-0.25, -0.2) is 0 Å². The molecule has 0 aromatic heterocycles. The lowest BCUT2D eigenvalue weighted by Crippen LogP contribution is -2.45. The molecule has 0 rings (SSSR count). The molecule has 0 aromatic rings. The van der Waals surface area contributed by atoms with Crippen LogP contribution < -0.4 is 11.1 Å². The number of ether oxygens (including phenoxy) is 1. The summed E-state index contributed by atoms with van der Waals surface area (Å²) in [6.45, 7) is -0.359. The lowest BCUT2D eigenvalue weighted by Gasteiger charge is -2.14. The van der Waals surface area contributed by atoms with Crippen molar-refractivity contribution in [2.24, 2.45) is 5.73 Å². The predicted molar refractivity (Wildman–Crippen MR) is 59.4 cm³/mol. The van der Waals surface area contributed by atoms with Crippen molar-refractivity contribution >= 4 is 35.0 Å². The van der Waals surface area contributed by atoms with Crippen molar-refractivity contribution in [2.45, 2.75) is 0 Å². The Morgan fingerprint density at radius 3 is 2.44 bits per heavy atom.